The monoisotopic (exact) mass is 323 g/mol. The molecule has 0 spiro atoms. The van der Waals surface area contributed by atoms with E-state index in [0.29, 0.717) is 24.5 Å². The summed E-state index contributed by atoms with van der Waals surface area (Å²) < 4.78 is 3.65. The van der Waals surface area contributed by atoms with Crippen LogP contribution in [0.3, 0.4) is 0 Å². The van der Waals surface area contributed by atoms with E-state index in [4.69, 9.17) is 11.6 Å². The Morgan fingerprint density at radius 1 is 1.45 bits per heavy atom. The summed E-state index contributed by atoms with van der Waals surface area (Å²) in [5.41, 5.74) is -0.0467. The quantitative estimate of drug-likeness (QED) is 0.887. The molecule has 0 aliphatic carbocycles. The number of imidazole rings is 1. The van der Waals surface area contributed by atoms with Gasteiger partial charge in [-0.2, -0.15) is 5.10 Å². The molecule has 0 radical (unpaired) electrons. The number of nitrogens with one attached hydrogen (secondary N) is 1. The zero-order valence-corrected chi connectivity index (χ0v) is 13.9. The van der Waals surface area contributed by atoms with Crippen LogP contribution in [0.5, 0.6) is 0 Å². The van der Waals surface area contributed by atoms with Crippen LogP contribution in [0.1, 0.15) is 27.2 Å². The van der Waals surface area contributed by atoms with Crippen molar-refractivity contribution in [1.82, 2.24) is 24.6 Å². The van der Waals surface area contributed by atoms with E-state index in [1.54, 1.807) is 29.6 Å². The number of hydrogen-bond donors (Lipinski definition) is 1. The first-order chi connectivity index (χ1) is 10.3. The molecule has 7 heteroatoms. The van der Waals surface area contributed by atoms with Crippen LogP contribution in [0.25, 0.3) is 0 Å². The highest BCUT2D eigenvalue weighted by Gasteiger charge is 2.26. The minimum Gasteiger partial charge on any atom is -0.351 e. The summed E-state index contributed by atoms with van der Waals surface area (Å²) in [6.45, 7) is 7.55. The van der Waals surface area contributed by atoms with Crippen LogP contribution in [-0.4, -0.2) is 31.3 Å². The highest BCUT2D eigenvalue weighted by molar-refractivity contribution is 6.30. The van der Waals surface area contributed by atoms with Gasteiger partial charge in [-0.15, -0.1) is 0 Å². The van der Waals surface area contributed by atoms with Crippen molar-refractivity contribution < 1.29 is 4.79 Å². The number of rotatable bonds is 6. The molecule has 0 saturated heterocycles. The van der Waals surface area contributed by atoms with Gasteiger partial charge in [-0.25, -0.2) is 4.98 Å². The summed E-state index contributed by atoms with van der Waals surface area (Å²) in [6.07, 6.45) is 9.04. The molecular weight excluding hydrogens is 302 g/mol. The van der Waals surface area contributed by atoms with Crippen LogP contribution < -0.4 is 5.32 Å². The first-order valence-electron chi connectivity index (χ1n) is 7.27. The standard InChI is InChI=1S/C15H22ClN5O/c1-15(2,3)13(10-20-7-5-17-11-20)19-14(22)4-6-21-9-12(16)8-18-21/h5,7-9,11,13H,4,6,10H2,1-3H3,(H,19,22)/t13-/m1/s1. The first-order valence-corrected chi connectivity index (χ1v) is 7.65. The van der Waals surface area contributed by atoms with Crippen LogP contribution in [-0.2, 0) is 17.9 Å². The molecule has 2 aromatic heterocycles. The Kier molecular flexibility index (Phi) is 5.24. The molecule has 0 saturated carbocycles. The Morgan fingerprint density at radius 2 is 2.23 bits per heavy atom. The average molecular weight is 324 g/mol. The Labute approximate surface area is 135 Å². The lowest BCUT2D eigenvalue weighted by Gasteiger charge is -2.31. The second kappa shape index (κ2) is 6.96. The van der Waals surface area contributed by atoms with Crippen molar-refractivity contribution in [2.75, 3.05) is 0 Å². The van der Waals surface area contributed by atoms with Crippen molar-refractivity contribution in [3.05, 3.63) is 36.1 Å². The smallest absolute Gasteiger partial charge is 0.222 e. The Hall–Kier alpha value is -1.82. The SMILES string of the molecule is CC(C)(C)[C@@H](Cn1ccnc1)NC(=O)CCn1cc(Cl)cn1. The van der Waals surface area contributed by atoms with E-state index in [1.807, 2.05) is 10.8 Å². The van der Waals surface area contributed by atoms with Crippen molar-refractivity contribution >= 4 is 17.5 Å². The van der Waals surface area contributed by atoms with Gasteiger partial charge in [0, 0.05) is 38.1 Å². The fourth-order valence-corrected chi connectivity index (χ4v) is 2.24. The largest absolute Gasteiger partial charge is 0.351 e. The highest BCUT2D eigenvalue weighted by atomic mass is 35.5. The number of aryl methyl sites for hydroxylation is 1. The Bertz CT molecular complexity index is 600. The van der Waals surface area contributed by atoms with Gasteiger partial charge in [0.25, 0.3) is 0 Å². The van der Waals surface area contributed by atoms with Crippen LogP contribution in [0.2, 0.25) is 5.02 Å². The van der Waals surface area contributed by atoms with E-state index in [9.17, 15) is 4.79 Å². The lowest BCUT2D eigenvalue weighted by molar-refractivity contribution is -0.123. The van der Waals surface area contributed by atoms with E-state index in [1.165, 1.54) is 0 Å². The maximum Gasteiger partial charge on any atom is 0.222 e. The van der Waals surface area contributed by atoms with Crippen molar-refractivity contribution in [1.29, 1.82) is 0 Å². The number of hydrogen-bond acceptors (Lipinski definition) is 3. The van der Waals surface area contributed by atoms with Crippen molar-refractivity contribution in [2.24, 2.45) is 5.41 Å². The Morgan fingerprint density at radius 3 is 2.77 bits per heavy atom. The predicted molar refractivity (Wildman–Crippen MR) is 85.5 cm³/mol. The third kappa shape index (κ3) is 4.87. The minimum absolute atomic E-state index is 0.00617. The number of amides is 1. The second-order valence-electron chi connectivity index (χ2n) is 6.42. The molecule has 6 nitrogen and oxygen atoms in total. The summed E-state index contributed by atoms with van der Waals surface area (Å²) in [5.74, 6) is 0.00617. The first kappa shape index (κ1) is 16.5. The molecule has 22 heavy (non-hydrogen) atoms. The van der Waals surface area contributed by atoms with E-state index in [0.717, 1.165) is 0 Å². The lowest BCUT2D eigenvalue weighted by Crippen LogP contribution is -2.46. The summed E-state index contributed by atoms with van der Waals surface area (Å²) in [5, 5.41) is 7.76. The van der Waals surface area contributed by atoms with Crippen molar-refractivity contribution in [3.8, 4) is 0 Å². The number of nitrogens with zero attached hydrogens (tertiary/aromatic N) is 4. The fraction of sp³-hybridized carbons (Fsp3) is 0.533. The third-order valence-electron chi connectivity index (χ3n) is 3.50. The fourth-order valence-electron chi connectivity index (χ4n) is 2.08. The molecule has 2 aromatic rings. The molecule has 2 rings (SSSR count). The van der Waals surface area contributed by atoms with E-state index in [-0.39, 0.29) is 17.4 Å². The van der Waals surface area contributed by atoms with E-state index < -0.39 is 0 Å². The Balaban J connectivity index is 1.90. The number of carbonyl (C=O) groups is 1. The van der Waals surface area contributed by atoms with Gasteiger partial charge in [0.2, 0.25) is 5.91 Å². The molecule has 0 bridgehead atoms. The summed E-state index contributed by atoms with van der Waals surface area (Å²) in [6, 6.07) is 0.0235. The molecule has 1 N–H and O–H groups in total. The van der Waals surface area contributed by atoms with Crippen LogP contribution in [0.15, 0.2) is 31.1 Å². The van der Waals surface area contributed by atoms with Crippen LogP contribution in [0.4, 0.5) is 0 Å². The lowest BCUT2D eigenvalue weighted by atomic mass is 9.86. The van der Waals surface area contributed by atoms with Gasteiger partial charge < -0.3 is 9.88 Å². The van der Waals surface area contributed by atoms with Crippen LogP contribution >= 0.6 is 11.6 Å². The maximum absolute atomic E-state index is 12.2. The van der Waals surface area contributed by atoms with E-state index >= 15 is 0 Å². The summed E-state index contributed by atoms with van der Waals surface area (Å²) in [4.78, 5) is 16.2. The molecular formula is C15H22ClN5O. The number of halogens is 1. The molecule has 0 unspecified atom stereocenters. The summed E-state index contributed by atoms with van der Waals surface area (Å²) in [7, 11) is 0. The minimum atomic E-state index is -0.0467. The topological polar surface area (TPSA) is 64.7 Å². The zero-order valence-electron chi connectivity index (χ0n) is 13.2. The molecule has 0 aliphatic rings. The normalized spacial score (nSPS) is 13.1. The molecule has 2 heterocycles. The molecule has 0 fully saturated rings. The van der Waals surface area contributed by atoms with Gasteiger partial charge in [0.15, 0.2) is 0 Å². The average Bonchev–Trinajstić information content (AvgIpc) is 3.06. The van der Waals surface area contributed by atoms with Gasteiger partial charge >= 0.3 is 0 Å². The summed E-state index contributed by atoms with van der Waals surface area (Å²) >= 11 is 5.81. The number of aromatic nitrogens is 4. The van der Waals surface area contributed by atoms with Gasteiger partial charge in [0.1, 0.15) is 0 Å². The predicted octanol–water partition coefficient (Wildman–Crippen LogP) is 2.35. The van der Waals surface area contributed by atoms with Gasteiger partial charge in [-0.05, 0) is 5.41 Å². The number of carbonyl (C=O) groups excluding carboxylic acids is 1. The van der Waals surface area contributed by atoms with Gasteiger partial charge in [-0.3, -0.25) is 9.48 Å². The third-order valence-corrected chi connectivity index (χ3v) is 3.70. The zero-order chi connectivity index (χ0) is 16.2. The molecule has 120 valence electrons. The molecule has 0 aliphatic heterocycles. The molecule has 1 amide bonds. The van der Waals surface area contributed by atoms with Gasteiger partial charge in [0.05, 0.1) is 23.6 Å². The highest BCUT2D eigenvalue weighted by Crippen LogP contribution is 2.21. The second-order valence-corrected chi connectivity index (χ2v) is 6.85. The molecule has 1 atom stereocenters. The van der Waals surface area contributed by atoms with Crippen molar-refractivity contribution in [2.45, 2.75) is 46.3 Å². The van der Waals surface area contributed by atoms with Gasteiger partial charge in [-0.1, -0.05) is 32.4 Å². The van der Waals surface area contributed by atoms with Crippen molar-refractivity contribution in [3.63, 3.8) is 0 Å². The van der Waals surface area contributed by atoms with Crippen LogP contribution in [0, 0.1) is 5.41 Å². The van der Waals surface area contributed by atoms with E-state index in [2.05, 4.69) is 36.2 Å². The molecule has 0 aromatic carbocycles. The maximum atomic E-state index is 12.2.